The Bertz CT molecular complexity index is 1230. The van der Waals surface area contributed by atoms with Crippen molar-refractivity contribution < 1.29 is 9.53 Å². The number of fused-ring (bicyclic) bond motifs is 1. The van der Waals surface area contributed by atoms with Crippen LogP contribution in [0.4, 0.5) is 5.69 Å². The van der Waals surface area contributed by atoms with E-state index in [0.717, 1.165) is 11.3 Å². The zero-order valence-corrected chi connectivity index (χ0v) is 16.5. The number of carbonyl (C=O) groups excluding carboxylic acids is 1. The third-order valence-electron chi connectivity index (χ3n) is 4.75. The summed E-state index contributed by atoms with van der Waals surface area (Å²) < 4.78 is 7.03. The second-order valence-corrected chi connectivity index (χ2v) is 6.94. The van der Waals surface area contributed by atoms with Crippen LogP contribution in [0.15, 0.2) is 83.7 Å². The van der Waals surface area contributed by atoms with Crippen LogP contribution in [-0.4, -0.2) is 15.7 Å². The largest absolute Gasteiger partial charge is 0.489 e. The summed E-state index contributed by atoms with van der Waals surface area (Å²) in [4.78, 5) is 24.8. The Kier molecular flexibility index (Phi) is 5.57. The Morgan fingerprint density at radius 3 is 2.33 bits per heavy atom. The molecule has 0 aliphatic rings. The maximum Gasteiger partial charge on any atom is 0.274 e. The molecule has 150 valence electrons. The average Bonchev–Trinajstić information content (AvgIpc) is 2.77. The molecule has 0 saturated carbocycles. The number of benzene rings is 3. The van der Waals surface area contributed by atoms with Gasteiger partial charge < -0.3 is 10.1 Å². The molecule has 0 atom stereocenters. The van der Waals surface area contributed by atoms with Gasteiger partial charge in [-0.25, -0.2) is 4.68 Å². The Hall–Kier alpha value is -3.93. The van der Waals surface area contributed by atoms with Gasteiger partial charge in [0.05, 0.1) is 17.5 Å². The molecular weight excluding hydrogens is 378 g/mol. The number of anilines is 1. The van der Waals surface area contributed by atoms with Crippen molar-refractivity contribution in [2.24, 2.45) is 7.05 Å². The second-order valence-electron chi connectivity index (χ2n) is 6.94. The van der Waals surface area contributed by atoms with Gasteiger partial charge in [-0.05, 0) is 35.9 Å². The van der Waals surface area contributed by atoms with E-state index in [1.54, 1.807) is 31.3 Å². The highest BCUT2D eigenvalue weighted by atomic mass is 16.5. The van der Waals surface area contributed by atoms with E-state index >= 15 is 0 Å². The average molecular weight is 399 g/mol. The number of aromatic nitrogens is 2. The van der Waals surface area contributed by atoms with E-state index in [1.807, 2.05) is 54.6 Å². The predicted molar refractivity (Wildman–Crippen MR) is 117 cm³/mol. The number of ether oxygens (including phenoxy) is 1. The number of amides is 1. The summed E-state index contributed by atoms with van der Waals surface area (Å²) >= 11 is 0. The first-order valence-electron chi connectivity index (χ1n) is 9.62. The molecule has 30 heavy (non-hydrogen) atoms. The van der Waals surface area contributed by atoms with Crippen LogP contribution in [0.1, 0.15) is 11.3 Å². The number of aryl methyl sites for hydroxylation is 1. The van der Waals surface area contributed by atoms with Gasteiger partial charge in [-0.15, -0.1) is 0 Å². The topological polar surface area (TPSA) is 73.2 Å². The summed E-state index contributed by atoms with van der Waals surface area (Å²) in [5, 5.41) is 8.39. The van der Waals surface area contributed by atoms with Crippen molar-refractivity contribution >= 4 is 22.4 Å². The fourth-order valence-electron chi connectivity index (χ4n) is 3.24. The quantitative estimate of drug-likeness (QED) is 0.537. The molecular formula is C24H21N3O3. The highest BCUT2D eigenvalue weighted by Crippen LogP contribution is 2.18. The number of carbonyl (C=O) groups is 1. The summed E-state index contributed by atoms with van der Waals surface area (Å²) in [5.74, 6) is 0.520. The fraction of sp³-hybridized carbons (Fsp3) is 0.125. The molecule has 0 unspecified atom stereocenters. The first-order valence-corrected chi connectivity index (χ1v) is 9.62. The van der Waals surface area contributed by atoms with Crippen LogP contribution < -0.4 is 15.6 Å². The van der Waals surface area contributed by atoms with E-state index in [1.165, 1.54) is 4.68 Å². The Labute approximate surface area is 173 Å². The SMILES string of the molecule is Cn1nc(CC(=O)Nc2ccc(OCc3ccccc3)cc2)c2ccccc2c1=O. The van der Waals surface area contributed by atoms with Crippen molar-refractivity contribution in [3.8, 4) is 5.75 Å². The fourth-order valence-corrected chi connectivity index (χ4v) is 3.24. The molecule has 6 nitrogen and oxygen atoms in total. The van der Waals surface area contributed by atoms with Crippen LogP contribution in [0.3, 0.4) is 0 Å². The molecule has 3 aromatic carbocycles. The molecule has 1 N–H and O–H groups in total. The van der Waals surface area contributed by atoms with Gasteiger partial charge in [-0.2, -0.15) is 5.10 Å². The summed E-state index contributed by atoms with van der Waals surface area (Å²) in [6, 6.07) is 24.3. The van der Waals surface area contributed by atoms with Gasteiger partial charge in [0.15, 0.2) is 0 Å². The lowest BCUT2D eigenvalue weighted by Gasteiger charge is -2.10. The van der Waals surface area contributed by atoms with Crippen LogP contribution in [0.25, 0.3) is 10.8 Å². The molecule has 6 heteroatoms. The maximum atomic E-state index is 12.5. The summed E-state index contributed by atoms with van der Waals surface area (Å²) in [7, 11) is 1.59. The van der Waals surface area contributed by atoms with Crippen molar-refractivity contribution in [3.63, 3.8) is 0 Å². The zero-order valence-electron chi connectivity index (χ0n) is 16.5. The van der Waals surface area contributed by atoms with Crippen LogP contribution in [0.5, 0.6) is 5.75 Å². The molecule has 0 fully saturated rings. The first kappa shape index (κ1) is 19.4. The van der Waals surface area contributed by atoms with E-state index in [2.05, 4.69) is 10.4 Å². The van der Waals surface area contributed by atoms with Crippen molar-refractivity contribution in [1.82, 2.24) is 9.78 Å². The molecule has 0 aliphatic heterocycles. The van der Waals surface area contributed by atoms with Gasteiger partial charge in [0, 0.05) is 18.1 Å². The van der Waals surface area contributed by atoms with E-state index in [0.29, 0.717) is 28.8 Å². The smallest absolute Gasteiger partial charge is 0.274 e. The van der Waals surface area contributed by atoms with E-state index in [-0.39, 0.29) is 17.9 Å². The third-order valence-corrected chi connectivity index (χ3v) is 4.75. The van der Waals surface area contributed by atoms with Crippen LogP contribution in [0.2, 0.25) is 0 Å². The minimum absolute atomic E-state index is 0.0703. The molecule has 4 rings (SSSR count). The normalized spacial score (nSPS) is 10.7. The number of rotatable bonds is 6. The van der Waals surface area contributed by atoms with Crippen molar-refractivity contribution in [2.75, 3.05) is 5.32 Å². The molecule has 4 aromatic rings. The van der Waals surface area contributed by atoms with Crippen molar-refractivity contribution in [2.45, 2.75) is 13.0 Å². The molecule has 0 saturated heterocycles. The maximum absolute atomic E-state index is 12.5. The molecule has 0 bridgehead atoms. The third kappa shape index (κ3) is 4.38. The number of hydrogen-bond donors (Lipinski definition) is 1. The van der Waals surface area contributed by atoms with Crippen LogP contribution in [-0.2, 0) is 24.9 Å². The molecule has 1 aromatic heterocycles. The van der Waals surface area contributed by atoms with Crippen molar-refractivity contribution in [1.29, 1.82) is 0 Å². The minimum Gasteiger partial charge on any atom is -0.489 e. The second kappa shape index (κ2) is 8.61. The summed E-state index contributed by atoms with van der Waals surface area (Å²) in [6.07, 6.45) is 0.0703. The van der Waals surface area contributed by atoms with Crippen LogP contribution >= 0.6 is 0 Å². The standard InChI is InChI=1S/C24H21N3O3/c1-27-24(29)21-10-6-5-9-20(21)22(26-27)15-23(28)25-18-11-13-19(14-12-18)30-16-17-7-3-2-4-8-17/h2-14H,15-16H2,1H3,(H,25,28). The lowest BCUT2D eigenvalue weighted by molar-refractivity contribution is -0.115. The zero-order chi connectivity index (χ0) is 20.9. The highest BCUT2D eigenvalue weighted by molar-refractivity contribution is 5.95. The van der Waals surface area contributed by atoms with Gasteiger partial charge in [-0.3, -0.25) is 9.59 Å². The Balaban J connectivity index is 1.42. The van der Waals surface area contributed by atoms with E-state index < -0.39 is 0 Å². The van der Waals surface area contributed by atoms with Gasteiger partial charge in [-0.1, -0.05) is 48.5 Å². The summed E-state index contributed by atoms with van der Waals surface area (Å²) in [5.41, 5.74) is 2.14. The Morgan fingerprint density at radius 2 is 1.60 bits per heavy atom. The van der Waals surface area contributed by atoms with Gasteiger partial charge in [0.1, 0.15) is 12.4 Å². The lowest BCUT2D eigenvalue weighted by Crippen LogP contribution is -2.24. The number of nitrogens with zero attached hydrogens (tertiary/aromatic N) is 2. The van der Waals surface area contributed by atoms with E-state index in [9.17, 15) is 9.59 Å². The highest BCUT2D eigenvalue weighted by Gasteiger charge is 2.12. The van der Waals surface area contributed by atoms with Crippen LogP contribution in [0, 0.1) is 0 Å². The molecule has 0 aliphatic carbocycles. The van der Waals surface area contributed by atoms with Gasteiger partial charge in [0.2, 0.25) is 5.91 Å². The molecule has 1 heterocycles. The molecule has 1 amide bonds. The predicted octanol–water partition coefficient (Wildman–Crippen LogP) is 3.69. The Morgan fingerprint density at radius 1 is 0.933 bits per heavy atom. The molecule has 0 radical (unpaired) electrons. The monoisotopic (exact) mass is 399 g/mol. The summed E-state index contributed by atoms with van der Waals surface area (Å²) in [6.45, 7) is 0.484. The van der Waals surface area contributed by atoms with E-state index in [4.69, 9.17) is 4.74 Å². The van der Waals surface area contributed by atoms with Gasteiger partial charge >= 0.3 is 0 Å². The van der Waals surface area contributed by atoms with Gasteiger partial charge in [0.25, 0.3) is 5.56 Å². The number of hydrogen-bond acceptors (Lipinski definition) is 4. The van der Waals surface area contributed by atoms with Crippen molar-refractivity contribution in [3.05, 3.63) is 100 Å². The first-order chi connectivity index (χ1) is 14.6. The lowest BCUT2D eigenvalue weighted by atomic mass is 10.1. The molecule has 0 spiro atoms. The number of nitrogens with one attached hydrogen (secondary N) is 1. The minimum atomic E-state index is -0.204.